The van der Waals surface area contributed by atoms with Crippen LogP contribution in [0.1, 0.15) is 16.1 Å². The van der Waals surface area contributed by atoms with Gasteiger partial charge < -0.3 is 9.88 Å². The molecule has 7 nitrogen and oxygen atoms in total. The number of nitrogens with one attached hydrogen (secondary N) is 1. The second-order valence-corrected chi connectivity index (χ2v) is 7.05. The molecule has 4 aromatic rings. The maximum Gasteiger partial charge on any atom is 0.263 e. The third-order valence-corrected chi connectivity index (χ3v) is 5.13. The maximum absolute atomic E-state index is 13.4. The number of nitrogens with zero attached hydrogens (tertiary/aromatic N) is 4. The molecule has 0 fully saturated rings. The molecule has 0 aliphatic heterocycles. The van der Waals surface area contributed by atoms with E-state index < -0.39 is 5.91 Å². The topological polar surface area (TPSA) is 81.3 Å². The van der Waals surface area contributed by atoms with Crippen LogP contribution in [-0.2, 0) is 13.5 Å². The van der Waals surface area contributed by atoms with Crippen molar-refractivity contribution < 1.29 is 9.18 Å². The molecule has 0 aliphatic carbocycles. The average molecular weight is 397 g/mol. The van der Waals surface area contributed by atoms with Gasteiger partial charge in [-0.05, 0) is 24.3 Å². The van der Waals surface area contributed by atoms with E-state index >= 15 is 0 Å². The van der Waals surface area contributed by atoms with Crippen LogP contribution in [0.5, 0.6) is 0 Å². The fourth-order valence-corrected chi connectivity index (χ4v) is 3.67. The molecule has 0 unspecified atom stereocenters. The highest BCUT2D eigenvalue weighted by Gasteiger charge is 2.14. The van der Waals surface area contributed by atoms with Crippen molar-refractivity contribution in [2.24, 2.45) is 7.05 Å². The van der Waals surface area contributed by atoms with E-state index in [-0.39, 0.29) is 16.9 Å². The Labute approximate surface area is 163 Å². The first-order valence-corrected chi connectivity index (χ1v) is 9.44. The average Bonchev–Trinajstić information content (AvgIpc) is 3.25. The first-order valence-electron chi connectivity index (χ1n) is 8.56. The molecule has 28 heavy (non-hydrogen) atoms. The minimum absolute atomic E-state index is 0.106. The van der Waals surface area contributed by atoms with Gasteiger partial charge in [-0.1, -0.05) is 12.1 Å². The van der Waals surface area contributed by atoms with Crippen LogP contribution in [0.2, 0.25) is 0 Å². The van der Waals surface area contributed by atoms with Crippen LogP contribution in [0.3, 0.4) is 0 Å². The van der Waals surface area contributed by atoms with Crippen LogP contribution in [0, 0.1) is 5.82 Å². The molecular weight excluding hydrogens is 381 g/mol. The number of aryl methyl sites for hydroxylation is 1. The highest BCUT2D eigenvalue weighted by atomic mass is 32.1. The van der Waals surface area contributed by atoms with Gasteiger partial charge in [-0.25, -0.2) is 8.91 Å². The number of hydrogen-bond donors (Lipinski definition) is 1. The molecule has 1 amide bonds. The third-order valence-electron chi connectivity index (χ3n) is 4.27. The lowest BCUT2D eigenvalue weighted by atomic mass is 10.2. The van der Waals surface area contributed by atoms with Crippen molar-refractivity contribution in [1.82, 2.24) is 24.5 Å². The molecule has 0 saturated heterocycles. The van der Waals surface area contributed by atoms with Crippen molar-refractivity contribution in [3.8, 4) is 11.4 Å². The van der Waals surface area contributed by atoms with Crippen LogP contribution in [0.25, 0.3) is 16.3 Å². The molecule has 0 radical (unpaired) electrons. The number of benzene rings is 1. The zero-order chi connectivity index (χ0) is 19.7. The summed E-state index contributed by atoms with van der Waals surface area (Å²) < 4.78 is 16.5. The molecule has 0 saturated carbocycles. The first-order chi connectivity index (χ1) is 13.5. The monoisotopic (exact) mass is 397 g/mol. The molecule has 0 bridgehead atoms. The Hall–Kier alpha value is -3.33. The number of thiazole rings is 1. The third kappa shape index (κ3) is 3.44. The van der Waals surface area contributed by atoms with E-state index in [0.717, 1.165) is 5.69 Å². The second kappa shape index (κ2) is 7.35. The van der Waals surface area contributed by atoms with Gasteiger partial charge in [-0.3, -0.25) is 9.59 Å². The van der Waals surface area contributed by atoms with Crippen molar-refractivity contribution in [1.29, 1.82) is 0 Å². The lowest BCUT2D eigenvalue weighted by molar-refractivity contribution is 0.0952. The first kappa shape index (κ1) is 18.1. The van der Waals surface area contributed by atoms with Crippen molar-refractivity contribution in [2.75, 3.05) is 6.54 Å². The van der Waals surface area contributed by atoms with Gasteiger partial charge in [0, 0.05) is 37.2 Å². The summed E-state index contributed by atoms with van der Waals surface area (Å²) >= 11 is 1.42. The number of aromatic nitrogens is 4. The van der Waals surface area contributed by atoms with Crippen molar-refractivity contribution in [3.05, 3.63) is 75.4 Å². The van der Waals surface area contributed by atoms with Crippen LogP contribution in [-0.4, -0.2) is 31.6 Å². The van der Waals surface area contributed by atoms with Gasteiger partial charge in [-0.15, -0.1) is 16.4 Å². The summed E-state index contributed by atoms with van der Waals surface area (Å²) in [6.45, 7) is 0.345. The van der Waals surface area contributed by atoms with Crippen LogP contribution in [0.4, 0.5) is 4.39 Å². The Bertz CT molecular complexity index is 1230. The second-order valence-electron chi connectivity index (χ2n) is 6.21. The molecule has 0 atom stereocenters. The smallest absolute Gasteiger partial charge is 0.263 e. The van der Waals surface area contributed by atoms with E-state index in [1.165, 1.54) is 34.1 Å². The van der Waals surface area contributed by atoms with Crippen molar-refractivity contribution in [3.63, 3.8) is 0 Å². The van der Waals surface area contributed by atoms with E-state index in [9.17, 15) is 14.0 Å². The van der Waals surface area contributed by atoms with E-state index in [2.05, 4.69) is 15.4 Å². The SMILES string of the molecule is Cn1cccc(C(=O)NCCc2csc3nc(-c4cccc(F)c4)nn23)c1=O. The molecule has 3 aromatic heterocycles. The number of carbonyl (C=O) groups excluding carboxylic acids is 1. The maximum atomic E-state index is 13.4. The number of rotatable bonds is 5. The molecule has 4 rings (SSSR count). The van der Waals surface area contributed by atoms with Gasteiger partial charge in [0.2, 0.25) is 4.96 Å². The summed E-state index contributed by atoms with van der Waals surface area (Å²) in [6.07, 6.45) is 2.12. The summed E-state index contributed by atoms with van der Waals surface area (Å²) in [4.78, 5) is 29.4. The van der Waals surface area contributed by atoms with Crippen molar-refractivity contribution in [2.45, 2.75) is 6.42 Å². The Morgan fingerprint density at radius 3 is 2.96 bits per heavy atom. The molecule has 9 heteroatoms. The molecule has 1 aromatic carbocycles. The quantitative estimate of drug-likeness (QED) is 0.560. The summed E-state index contributed by atoms with van der Waals surface area (Å²) in [5.74, 6) is -0.304. The van der Waals surface area contributed by atoms with Gasteiger partial charge in [-0.2, -0.15) is 4.98 Å². The zero-order valence-corrected chi connectivity index (χ0v) is 15.7. The highest BCUT2D eigenvalue weighted by Crippen LogP contribution is 2.21. The van der Waals surface area contributed by atoms with E-state index in [1.54, 1.807) is 36.0 Å². The molecule has 1 N–H and O–H groups in total. The predicted octanol–water partition coefficient (Wildman–Crippen LogP) is 2.27. The Balaban J connectivity index is 1.47. The van der Waals surface area contributed by atoms with Crippen LogP contribution in [0.15, 0.2) is 52.8 Å². The van der Waals surface area contributed by atoms with E-state index in [0.29, 0.717) is 29.3 Å². The number of hydrogen-bond acceptors (Lipinski definition) is 5. The summed E-state index contributed by atoms with van der Waals surface area (Å²) in [5.41, 5.74) is 1.25. The zero-order valence-electron chi connectivity index (χ0n) is 14.9. The molecule has 3 heterocycles. The number of carbonyl (C=O) groups is 1. The number of amides is 1. The molecule has 142 valence electrons. The summed E-state index contributed by atoms with van der Waals surface area (Å²) in [7, 11) is 1.60. The number of halogens is 1. The molecular formula is C19H16FN5O2S. The Morgan fingerprint density at radius 2 is 2.14 bits per heavy atom. The minimum Gasteiger partial charge on any atom is -0.351 e. The summed E-state index contributed by atoms with van der Waals surface area (Å²) in [6, 6.07) is 9.29. The van der Waals surface area contributed by atoms with Crippen molar-refractivity contribution >= 4 is 22.2 Å². The minimum atomic E-state index is -0.410. The van der Waals surface area contributed by atoms with Gasteiger partial charge in [0.15, 0.2) is 5.82 Å². The van der Waals surface area contributed by atoms with Gasteiger partial charge in [0.25, 0.3) is 11.5 Å². The van der Waals surface area contributed by atoms with Crippen LogP contribution < -0.4 is 10.9 Å². The standard InChI is InChI=1S/C19H16FN5O2S/c1-24-9-3-6-15(18(24)27)17(26)21-8-7-14-11-28-19-22-16(23-25(14)19)12-4-2-5-13(20)10-12/h2-6,9-11H,7-8H2,1H3,(H,21,26). The number of pyridine rings is 1. The van der Waals surface area contributed by atoms with Gasteiger partial charge in [0.1, 0.15) is 11.4 Å². The van der Waals surface area contributed by atoms with Gasteiger partial charge in [0.05, 0.1) is 5.69 Å². The normalized spacial score (nSPS) is 11.1. The summed E-state index contributed by atoms with van der Waals surface area (Å²) in [5, 5.41) is 9.12. The fourth-order valence-electron chi connectivity index (χ4n) is 2.82. The molecule has 0 aliphatic rings. The highest BCUT2D eigenvalue weighted by molar-refractivity contribution is 7.15. The van der Waals surface area contributed by atoms with E-state index in [4.69, 9.17) is 0 Å². The lowest BCUT2D eigenvalue weighted by Crippen LogP contribution is -2.33. The Kier molecular flexibility index (Phi) is 4.74. The van der Waals surface area contributed by atoms with E-state index in [1.807, 2.05) is 5.38 Å². The lowest BCUT2D eigenvalue weighted by Gasteiger charge is -2.05. The van der Waals surface area contributed by atoms with Crippen LogP contribution >= 0.6 is 11.3 Å². The fraction of sp³-hybridized carbons (Fsp3) is 0.158. The largest absolute Gasteiger partial charge is 0.351 e. The molecule has 0 spiro atoms. The number of fused-ring (bicyclic) bond motifs is 1. The Morgan fingerprint density at radius 1 is 1.29 bits per heavy atom. The van der Waals surface area contributed by atoms with Gasteiger partial charge >= 0.3 is 0 Å². The predicted molar refractivity (Wildman–Crippen MR) is 104 cm³/mol.